The second-order valence-corrected chi connectivity index (χ2v) is 4.76. The highest BCUT2D eigenvalue weighted by Gasteiger charge is 2.03. The molecule has 1 rings (SSSR count). The summed E-state index contributed by atoms with van der Waals surface area (Å²) >= 11 is 1.86. The first-order valence-corrected chi connectivity index (χ1v) is 6.62. The molecule has 0 aliphatic heterocycles. The first-order chi connectivity index (χ1) is 7.77. The molecule has 0 saturated heterocycles. The lowest BCUT2D eigenvalue weighted by Gasteiger charge is -2.07. The molecule has 0 radical (unpaired) electrons. The Labute approximate surface area is 100 Å². The van der Waals surface area contributed by atoms with Gasteiger partial charge in [0.15, 0.2) is 11.6 Å². The minimum Gasteiger partial charge on any atom is -0.490 e. The molecule has 4 heteroatoms. The van der Waals surface area contributed by atoms with Crippen LogP contribution in [0, 0.1) is 5.82 Å². The van der Waals surface area contributed by atoms with Gasteiger partial charge in [-0.15, -0.1) is 0 Å². The third-order valence-electron chi connectivity index (χ3n) is 2.13. The number of hydrogen-bond donors (Lipinski definition) is 1. The molecule has 2 N–H and O–H groups in total. The van der Waals surface area contributed by atoms with E-state index in [0.29, 0.717) is 18.9 Å². The van der Waals surface area contributed by atoms with Crippen LogP contribution in [0.4, 0.5) is 4.39 Å². The van der Waals surface area contributed by atoms with Crippen LogP contribution in [0.15, 0.2) is 18.2 Å². The SMILES string of the molecule is CCSCCCOc1ccc(CN)cc1F. The fraction of sp³-hybridized carbons (Fsp3) is 0.500. The van der Waals surface area contributed by atoms with Crippen LogP contribution < -0.4 is 10.5 Å². The first-order valence-electron chi connectivity index (χ1n) is 5.47. The van der Waals surface area contributed by atoms with Crippen molar-refractivity contribution in [2.75, 3.05) is 18.1 Å². The summed E-state index contributed by atoms with van der Waals surface area (Å²) in [5, 5.41) is 0. The molecule has 0 saturated carbocycles. The van der Waals surface area contributed by atoms with Crippen LogP contribution in [0.3, 0.4) is 0 Å². The van der Waals surface area contributed by atoms with E-state index in [1.807, 2.05) is 11.8 Å². The maximum absolute atomic E-state index is 13.4. The zero-order valence-electron chi connectivity index (χ0n) is 9.54. The second kappa shape index (κ2) is 7.52. The third kappa shape index (κ3) is 4.41. The van der Waals surface area contributed by atoms with Crippen LogP contribution >= 0.6 is 11.8 Å². The molecular formula is C12H18FNOS. The smallest absolute Gasteiger partial charge is 0.165 e. The van der Waals surface area contributed by atoms with Crippen molar-refractivity contribution in [3.8, 4) is 5.75 Å². The normalized spacial score (nSPS) is 10.4. The molecule has 0 unspecified atom stereocenters. The molecule has 0 atom stereocenters. The van der Waals surface area contributed by atoms with Gasteiger partial charge in [0.05, 0.1) is 6.61 Å². The number of ether oxygens (including phenoxy) is 1. The Bertz CT molecular complexity index is 320. The van der Waals surface area contributed by atoms with Crippen LogP contribution in [-0.4, -0.2) is 18.1 Å². The molecule has 2 nitrogen and oxygen atoms in total. The number of rotatable bonds is 7. The standard InChI is InChI=1S/C12H18FNOS/c1-2-16-7-3-6-15-12-5-4-10(9-14)8-11(12)13/h4-5,8H,2-3,6-7,9,14H2,1H3. The van der Waals surface area contributed by atoms with E-state index < -0.39 is 0 Å². The van der Waals surface area contributed by atoms with Gasteiger partial charge in [0.1, 0.15) is 0 Å². The summed E-state index contributed by atoms with van der Waals surface area (Å²) in [6.45, 7) is 3.03. The van der Waals surface area contributed by atoms with Gasteiger partial charge in [-0.05, 0) is 35.6 Å². The van der Waals surface area contributed by atoms with Crippen LogP contribution in [0.5, 0.6) is 5.75 Å². The van der Waals surface area contributed by atoms with Crippen molar-refractivity contribution >= 4 is 11.8 Å². The van der Waals surface area contributed by atoms with E-state index in [9.17, 15) is 4.39 Å². The maximum Gasteiger partial charge on any atom is 0.165 e. The van der Waals surface area contributed by atoms with Gasteiger partial charge in [0, 0.05) is 6.54 Å². The highest BCUT2D eigenvalue weighted by Crippen LogP contribution is 2.18. The number of benzene rings is 1. The lowest BCUT2D eigenvalue weighted by molar-refractivity contribution is 0.302. The van der Waals surface area contributed by atoms with Crippen molar-refractivity contribution in [1.29, 1.82) is 0 Å². The summed E-state index contributed by atoms with van der Waals surface area (Å²) in [5.74, 6) is 2.16. The molecule has 0 fully saturated rings. The summed E-state index contributed by atoms with van der Waals surface area (Å²) in [6.07, 6.45) is 0.941. The van der Waals surface area contributed by atoms with Gasteiger partial charge in [0.2, 0.25) is 0 Å². The predicted molar refractivity (Wildman–Crippen MR) is 67.4 cm³/mol. The van der Waals surface area contributed by atoms with Crippen LogP contribution in [0.25, 0.3) is 0 Å². The van der Waals surface area contributed by atoms with Crippen LogP contribution in [0.1, 0.15) is 18.9 Å². The van der Waals surface area contributed by atoms with Gasteiger partial charge in [0.25, 0.3) is 0 Å². The highest BCUT2D eigenvalue weighted by atomic mass is 32.2. The van der Waals surface area contributed by atoms with Gasteiger partial charge >= 0.3 is 0 Å². The Morgan fingerprint density at radius 3 is 2.88 bits per heavy atom. The molecule has 0 heterocycles. The number of thioether (sulfide) groups is 1. The van der Waals surface area contributed by atoms with E-state index in [4.69, 9.17) is 10.5 Å². The number of hydrogen-bond acceptors (Lipinski definition) is 3. The van der Waals surface area contributed by atoms with Gasteiger partial charge in [-0.25, -0.2) is 4.39 Å². The molecule has 90 valence electrons. The summed E-state index contributed by atoms with van der Waals surface area (Å²) in [4.78, 5) is 0. The molecule has 1 aromatic carbocycles. The fourth-order valence-electron chi connectivity index (χ4n) is 1.28. The Kier molecular flexibility index (Phi) is 6.26. The Morgan fingerprint density at radius 2 is 2.25 bits per heavy atom. The zero-order chi connectivity index (χ0) is 11.8. The summed E-state index contributed by atoms with van der Waals surface area (Å²) in [6, 6.07) is 4.86. The predicted octanol–water partition coefficient (Wildman–Crippen LogP) is 2.81. The minimum absolute atomic E-state index is 0.318. The maximum atomic E-state index is 13.4. The van der Waals surface area contributed by atoms with E-state index in [1.165, 1.54) is 6.07 Å². The zero-order valence-corrected chi connectivity index (χ0v) is 10.4. The summed E-state index contributed by atoms with van der Waals surface area (Å²) in [7, 11) is 0. The topological polar surface area (TPSA) is 35.2 Å². The third-order valence-corrected chi connectivity index (χ3v) is 3.11. The van der Waals surface area contributed by atoms with Gasteiger partial charge < -0.3 is 10.5 Å². The van der Waals surface area contributed by atoms with Crippen molar-refractivity contribution < 1.29 is 9.13 Å². The monoisotopic (exact) mass is 243 g/mol. The van der Waals surface area contributed by atoms with E-state index in [2.05, 4.69) is 6.92 Å². The molecular weight excluding hydrogens is 225 g/mol. The molecule has 0 amide bonds. The van der Waals surface area contributed by atoms with E-state index >= 15 is 0 Å². The molecule has 0 aromatic heterocycles. The lowest BCUT2D eigenvalue weighted by atomic mass is 10.2. The average Bonchev–Trinajstić information content (AvgIpc) is 2.30. The molecule has 0 aliphatic carbocycles. The quantitative estimate of drug-likeness (QED) is 0.748. The Balaban J connectivity index is 2.36. The van der Waals surface area contributed by atoms with Crippen LogP contribution in [-0.2, 0) is 6.54 Å². The van der Waals surface area contributed by atoms with Crippen molar-refractivity contribution in [3.63, 3.8) is 0 Å². The highest BCUT2D eigenvalue weighted by molar-refractivity contribution is 7.99. The molecule has 0 aliphatic rings. The van der Waals surface area contributed by atoms with Gasteiger partial charge in [-0.3, -0.25) is 0 Å². The van der Waals surface area contributed by atoms with Gasteiger partial charge in [-0.1, -0.05) is 13.0 Å². The number of nitrogens with two attached hydrogens (primary N) is 1. The molecule has 0 spiro atoms. The van der Waals surface area contributed by atoms with Crippen molar-refractivity contribution in [3.05, 3.63) is 29.6 Å². The summed E-state index contributed by atoms with van der Waals surface area (Å²) in [5.41, 5.74) is 6.20. The fourth-order valence-corrected chi connectivity index (χ4v) is 1.89. The minimum atomic E-state index is -0.328. The Hall–Kier alpha value is -0.740. The van der Waals surface area contributed by atoms with Crippen molar-refractivity contribution in [2.24, 2.45) is 5.73 Å². The van der Waals surface area contributed by atoms with E-state index in [0.717, 1.165) is 23.5 Å². The molecule has 0 bridgehead atoms. The number of halogens is 1. The van der Waals surface area contributed by atoms with Gasteiger partial charge in [-0.2, -0.15) is 11.8 Å². The Morgan fingerprint density at radius 1 is 1.44 bits per heavy atom. The summed E-state index contributed by atoms with van der Waals surface area (Å²) < 4.78 is 18.8. The van der Waals surface area contributed by atoms with Crippen LogP contribution in [0.2, 0.25) is 0 Å². The molecule has 1 aromatic rings. The van der Waals surface area contributed by atoms with Crippen molar-refractivity contribution in [1.82, 2.24) is 0 Å². The average molecular weight is 243 g/mol. The van der Waals surface area contributed by atoms with E-state index in [1.54, 1.807) is 12.1 Å². The van der Waals surface area contributed by atoms with Crippen molar-refractivity contribution in [2.45, 2.75) is 19.9 Å². The first kappa shape index (κ1) is 13.3. The second-order valence-electron chi connectivity index (χ2n) is 3.37. The molecule has 16 heavy (non-hydrogen) atoms. The van der Waals surface area contributed by atoms with E-state index in [-0.39, 0.29) is 5.82 Å². The lowest BCUT2D eigenvalue weighted by Crippen LogP contribution is -2.02. The largest absolute Gasteiger partial charge is 0.490 e.